The minimum Gasteiger partial charge on any atom is -0.539 e. The first kappa shape index (κ1) is 26.1. The average Bonchev–Trinajstić information content (AvgIpc) is 3.54. The van der Waals surface area contributed by atoms with Crippen LogP contribution in [-0.4, -0.2) is 89.2 Å². The molecule has 0 unspecified atom stereocenters. The van der Waals surface area contributed by atoms with Crippen molar-refractivity contribution in [2.45, 2.75) is 56.6 Å². The van der Waals surface area contributed by atoms with Crippen molar-refractivity contribution in [3.8, 4) is 0 Å². The van der Waals surface area contributed by atoms with E-state index in [1.165, 1.54) is 28.0 Å². The Morgan fingerprint density at radius 1 is 1.35 bits per heavy atom. The number of rotatable bonds is 8. The molecule has 2 radical (unpaired) electrons. The van der Waals surface area contributed by atoms with Crippen LogP contribution in [0.25, 0.3) is 0 Å². The zero-order valence-electron chi connectivity index (χ0n) is 20.3. The second kappa shape index (κ2) is 9.68. The van der Waals surface area contributed by atoms with Crippen LogP contribution in [0.15, 0.2) is 10.5 Å². The maximum Gasteiger partial charge on any atom is 0.378 e. The van der Waals surface area contributed by atoms with Gasteiger partial charge in [0.15, 0.2) is 17.3 Å². The predicted molar refractivity (Wildman–Crippen MR) is 129 cm³/mol. The van der Waals surface area contributed by atoms with E-state index >= 15 is 0 Å². The number of ether oxygens (including phenoxy) is 3. The summed E-state index contributed by atoms with van der Waals surface area (Å²) >= 11 is 2.72. The van der Waals surface area contributed by atoms with Crippen molar-refractivity contribution in [3.05, 3.63) is 16.1 Å². The molecule has 4 saturated heterocycles. The zero-order chi connectivity index (χ0) is 26.5. The van der Waals surface area contributed by atoms with Crippen molar-refractivity contribution in [1.29, 1.82) is 0 Å². The second-order valence-electron chi connectivity index (χ2n) is 9.58. The summed E-state index contributed by atoms with van der Waals surface area (Å²) in [4.78, 5) is 62.2. The largest absolute Gasteiger partial charge is 0.539 e. The van der Waals surface area contributed by atoms with Crippen LogP contribution in [0, 0.1) is 18.8 Å². The summed E-state index contributed by atoms with van der Waals surface area (Å²) in [5.41, 5.74) is -1.58. The molecule has 0 bridgehead atoms. The van der Waals surface area contributed by atoms with Gasteiger partial charge in [0, 0.05) is 23.5 Å². The van der Waals surface area contributed by atoms with Crippen molar-refractivity contribution in [1.82, 2.24) is 9.88 Å². The molecular formula is C22H24BN3O9S2. The summed E-state index contributed by atoms with van der Waals surface area (Å²) in [5.74, 6) is -4.31. The van der Waals surface area contributed by atoms with Gasteiger partial charge >= 0.3 is 20.0 Å². The van der Waals surface area contributed by atoms with Crippen LogP contribution in [0.4, 0.5) is 0 Å². The quantitative estimate of drug-likeness (QED) is 0.149. The number of thioether (sulfide) groups is 1. The SMILES string of the molecule is [B]OC(=O)[C@]12OC(=O)C[C@H]1CS[C@@H]1[C@H](CC(=O)/C(=N\OC[C@@H]3COC(C)(C)O3)c3csc(C)n3)C(=O)N12. The van der Waals surface area contributed by atoms with Crippen molar-refractivity contribution in [3.63, 3.8) is 0 Å². The van der Waals surface area contributed by atoms with E-state index in [0.29, 0.717) is 18.1 Å². The Morgan fingerprint density at radius 2 is 2.14 bits per heavy atom. The van der Waals surface area contributed by atoms with Crippen molar-refractivity contribution >= 4 is 60.5 Å². The van der Waals surface area contributed by atoms with Gasteiger partial charge in [-0.15, -0.1) is 23.1 Å². The summed E-state index contributed by atoms with van der Waals surface area (Å²) in [6.45, 7) is 5.76. The van der Waals surface area contributed by atoms with Gasteiger partial charge in [-0.3, -0.25) is 19.3 Å². The molecule has 5 atom stereocenters. The first-order valence-electron chi connectivity index (χ1n) is 11.6. The summed E-state index contributed by atoms with van der Waals surface area (Å²) in [6, 6.07) is 0. The molecule has 4 fully saturated rings. The Morgan fingerprint density at radius 3 is 2.78 bits per heavy atom. The maximum atomic E-state index is 13.4. The van der Waals surface area contributed by atoms with Gasteiger partial charge < -0.3 is 23.7 Å². The van der Waals surface area contributed by atoms with Crippen LogP contribution in [0.3, 0.4) is 0 Å². The molecule has 1 aromatic heterocycles. The second-order valence-corrected chi connectivity index (χ2v) is 11.8. The third-order valence-electron chi connectivity index (χ3n) is 6.63. The first-order valence-corrected chi connectivity index (χ1v) is 13.5. The number of carbonyl (C=O) groups excluding carboxylic acids is 4. The van der Waals surface area contributed by atoms with Gasteiger partial charge in [0.1, 0.15) is 18.4 Å². The number of nitrogens with zero attached hydrogens (tertiary/aromatic N) is 3. The third kappa shape index (κ3) is 4.55. The maximum absolute atomic E-state index is 13.4. The van der Waals surface area contributed by atoms with E-state index < -0.39 is 52.4 Å². The number of β-lactam (4-membered cyclic amide) rings is 1. The summed E-state index contributed by atoms with van der Waals surface area (Å²) < 4.78 is 21.0. The predicted octanol–water partition coefficient (Wildman–Crippen LogP) is 0.700. The molecule has 1 amide bonds. The Kier molecular flexibility index (Phi) is 6.83. The van der Waals surface area contributed by atoms with Gasteiger partial charge in [0.05, 0.1) is 29.3 Å². The topological polar surface area (TPSA) is 143 Å². The molecule has 4 aliphatic rings. The number of carbonyl (C=O) groups is 4. The smallest absolute Gasteiger partial charge is 0.378 e. The molecule has 5 heterocycles. The number of thiazole rings is 1. The number of aromatic nitrogens is 1. The summed E-state index contributed by atoms with van der Waals surface area (Å²) in [6.07, 6.45) is -0.589. The number of amides is 1. The van der Waals surface area contributed by atoms with Gasteiger partial charge in [-0.2, -0.15) is 0 Å². The van der Waals surface area contributed by atoms with E-state index in [0.717, 1.165) is 5.01 Å². The van der Waals surface area contributed by atoms with Crippen LogP contribution >= 0.6 is 23.1 Å². The van der Waals surface area contributed by atoms with Gasteiger partial charge in [-0.05, 0) is 20.8 Å². The van der Waals surface area contributed by atoms with E-state index in [2.05, 4.69) is 14.8 Å². The number of Topliss-reactive ketones (excluding diaryl/α,β-unsaturated/α-hetero) is 1. The highest BCUT2D eigenvalue weighted by Crippen LogP contribution is 2.54. The molecule has 196 valence electrons. The molecule has 0 aromatic carbocycles. The lowest BCUT2D eigenvalue weighted by molar-refractivity contribution is -0.217. The Bertz CT molecular complexity index is 1170. The van der Waals surface area contributed by atoms with E-state index in [1.54, 1.807) is 26.2 Å². The average molecular weight is 549 g/mol. The van der Waals surface area contributed by atoms with Crippen molar-refractivity contribution in [2.75, 3.05) is 19.0 Å². The number of aryl methyl sites for hydroxylation is 1. The molecule has 4 aliphatic heterocycles. The number of esters is 1. The standard InChI is InChI=1S/C22H24BN3O9S2/c1-10-24-14(9-36-10)17(25-32-7-12-6-31-21(2,3)33-12)15(27)5-13-18(29)26-19(13)37-8-11-4-16(28)34-22(11,26)20(30)35-23/h9,11-13,19H,4-8H2,1-3H3/b25-17-/t11-,12-,13+,19+,22+/m0/s1. The highest BCUT2D eigenvalue weighted by molar-refractivity contribution is 8.00. The molecule has 15 heteroatoms. The molecule has 0 N–H and O–H groups in total. The van der Waals surface area contributed by atoms with Crippen molar-refractivity contribution < 1.29 is 42.9 Å². The third-order valence-corrected chi connectivity index (χ3v) is 8.88. The molecule has 5 rings (SSSR count). The minimum absolute atomic E-state index is 0.0177. The molecule has 0 saturated carbocycles. The number of ketones is 1. The van der Waals surface area contributed by atoms with Crippen LogP contribution in [-0.2, 0) is 42.9 Å². The van der Waals surface area contributed by atoms with E-state index in [-0.39, 0.29) is 31.3 Å². The Labute approximate surface area is 221 Å². The fourth-order valence-corrected chi connectivity index (χ4v) is 7.18. The van der Waals surface area contributed by atoms with Gasteiger partial charge in [0.2, 0.25) is 5.91 Å². The lowest BCUT2D eigenvalue weighted by atomic mass is 9.84. The van der Waals surface area contributed by atoms with Gasteiger partial charge in [0.25, 0.3) is 5.72 Å². The zero-order valence-corrected chi connectivity index (χ0v) is 22.0. The lowest BCUT2D eigenvalue weighted by Crippen LogP contribution is -2.75. The fourth-order valence-electron chi connectivity index (χ4n) is 4.96. The van der Waals surface area contributed by atoms with E-state index in [9.17, 15) is 19.2 Å². The van der Waals surface area contributed by atoms with Crippen LogP contribution in [0.5, 0.6) is 0 Å². The number of hydrogen-bond acceptors (Lipinski definition) is 13. The van der Waals surface area contributed by atoms with Crippen LogP contribution in [0.2, 0.25) is 0 Å². The normalized spacial score (nSPS) is 32.3. The van der Waals surface area contributed by atoms with E-state index in [1.807, 2.05) is 0 Å². The van der Waals surface area contributed by atoms with Gasteiger partial charge in [-0.25, -0.2) is 9.78 Å². The highest BCUT2D eigenvalue weighted by atomic mass is 32.2. The summed E-state index contributed by atoms with van der Waals surface area (Å²) in [7, 11) is 5.11. The number of fused-ring (bicyclic) bond motifs is 3. The van der Waals surface area contributed by atoms with Crippen LogP contribution in [0.1, 0.15) is 37.4 Å². The molecule has 37 heavy (non-hydrogen) atoms. The first-order chi connectivity index (χ1) is 17.6. The van der Waals surface area contributed by atoms with Crippen LogP contribution < -0.4 is 0 Å². The van der Waals surface area contributed by atoms with Gasteiger partial charge in [-0.1, -0.05) is 5.16 Å². The van der Waals surface area contributed by atoms with Crippen molar-refractivity contribution in [2.24, 2.45) is 17.0 Å². The fraction of sp³-hybridized carbons (Fsp3) is 0.636. The number of oxime groups is 1. The van der Waals surface area contributed by atoms with E-state index in [4.69, 9.17) is 27.1 Å². The number of hydrogen-bond donors (Lipinski definition) is 0. The summed E-state index contributed by atoms with van der Waals surface area (Å²) in [5, 5.41) is 5.90. The Balaban J connectivity index is 1.31. The molecule has 0 spiro atoms. The lowest BCUT2D eigenvalue weighted by Gasteiger charge is -2.57. The molecule has 1 aromatic rings. The highest BCUT2D eigenvalue weighted by Gasteiger charge is 2.71. The molecule has 0 aliphatic carbocycles. The Hall–Kier alpha value is -2.49. The molecular weight excluding hydrogens is 525 g/mol. The minimum atomic E-state index is -1.90. The monoisotopic (exact) mass is 549 g/mol. The molecule has 12 nitrogen and oxygen atoms in total.